The van der Waals surface area contributed by atoms with E-state index in [-0.39, 0.29) is 18.1 Å². The third-order valence-electron chi connectivity index (χ3n) is 3.15. The molecule has 1 N–H and O–H groups in total. The summed E-state index contributed by atoms with van der Waals surface area (Å²) in [7, 11) is 0. The Hall–Kier alpha value is -1.35. The molecular formula is C14H19NO2. The van der Waals surface area contributed by atoms with E-state index in [1.165, 1.54) is 0 Å². The summed E-state index contributed by atoms with van der Waals surface area (Å²) < 4.78 is 5.38. The van der Waals surface area contributed by atoms with Crippen molar-refractivity contribution in [3.8, 4) is 0 Å². The van der Waals surface area contributed by atoms with Crippen molar-refractivity contribution in [1.29, 1.82) is 0 Å². The predicted molar refractivity (Wildman–Crippen MR) is 66.6 cm³/mol. The maximum absolute atomic E-state index is 12.0. The lowest BCUT2D eigenvalue weighted by molar-refractivity contribution is -0.130. The van der Waals surface area contributed by atoms with Gasteiger partial charge in [-0.2, -0.15) is 0 Å². The molecule has 0 aliphatic carbocycles. The van der Waals surface area contributed by atoms with Gasteiger partial charge in [-0.05, 0) is 24.8 Å². The number of benzene rings is 1. The lowest BCUT2D eigenvalue weighted by atomic mass is 10.0. The molecule has 3 nitrogen and oxygen atoms in total. The summed E-state index contributed by atoms with van der Waals surface area (Å²) in [5.74, 6) is 0.0261. The first-order valence-corrected chi connectivity index (χ1v) is 6.28. The third-order valence-corrected chi connectivity index (χ3v) is 3.15. The molecule has 1 aliphatic rings. The maximum atomic E-state index is 12.0. The van der Waals surface area contributed by atoms with Crippen LogP contribution in [-0.2, 0) is 9.53 Å². The fourth-order valence-corrected chi connectivity index (χ4v) is 2.16. The highest BCUT2D eigenvalue weighted by Gasteiger charge is 2.25. The van der Waals surface area contributed by atoms with Crippen LogP contribution in [0.2, 0.25) is 0 Å². The van der Waals surface area contributed by atoms with Crippen LogP contribution in [0, 0.1) is 0 Å². The van der Waals surface area contributed by atoms with E-state index in [4.69, 9.17) is 4.74 Å². The van der Waals surface area contributed by atoms with Crippen LogP contribution in [0.15, 0.2) is 30.3 Å². The molecule has 0 radical (unpaired) electrons. The topological polar surface area (TPSA) is 38.3 Å². The van der Waals surface area contributed by atoms with E-state index in [2.05, 4.69) is 12.2 Å². The van der Waals surface area contributed by atoms with Gasteiger partial charge in [-0.1, -0.05) is 37.3 Å². The van der Waals surface area contributed by atoms with E-state index >= 15 is 0 Å². The summed E-state index contributed by atoms with van der Waals surface area (Å²) in [4.78, 5) is 12.0. The Morgan fingerprint density at radius 2 is 2.24 bits per heavy atom. The van der Waals surface area contributed by atoms with Crippen molar-refractivity contribution in [3.63, 3.8) is 0 Å². The van der Waals surface area contributed by atoms with Crippen LogP contribution in [0.25, 0.3) is 0 Å². The molecule has 1 aromatic rings. The number of nitrogens with one attached hydrogen (secondary N) is 1. The summed E-state index contributed by atoms with van der Waals surface area (Å²) in [6.45, 7) is 2.79. The Kier molecular flexibility index (Phi) is 4.15. The molecule has 3 heteroatoms. The highest BCUT2D eigenvalue weighted by atomic mass is 16.5. The standard InChI is InChI=1S/C14H19NO2/c1-2-12(11-7-4-3-5-8-11)15-14(16)13-9-6-10-17-13/h3-5,7-8,12-13H,2,6,9-10H2,1H3,(H,15,16)/t12-,13-/m1/s1. The van der Waals surface area contributed by atoms with Crippen LogP contribution in [-0.4, -0.2) is 18.6 Å². The van der Waals surface area contributed by atoms with E-state index < -0.39 is 0 Å². The Balaban J connectivity index is 1.97. The van der Waals surface area contributed by atoms with Crippen molar-refractivity contribution < 1.29 is 9.53 Å². The van der Waals surface area contributed by atoms with Crippen LogP contribution in [0.4, 0.5) is 0 Å². The molecular weight excluding hydrogens is 214 g/mol. The van der Waals surface area contributed by atoms with Crippen LogP contribution >= 0.6 is 0 Å². The minimum absolute atomic E-state index is 0.0261. The molecule has 1 amide bonds. The molecule has 1 fully saturated rings. The number of ether oxygens (including phenoxy) is 1. The lowest BCUT2D eigenvalue weighted by Crippen LogP contribution is -2.36. The van der Waals surface area contributed by atoms with Crippen molar-refractivity contribution in [2.75, 3.05) is 6.61 Å². The predicted octanol–water partition coefficient (Wildman–Crippen LogP) is 2.43. The van der Waals surface area contributed by atoms with Crippen molar-refractivity contribution in [3.05, 3.63) is 35.9 Å². The molecule has 2 rings (SSSR count). The molecule has 0 spiro atoms. The molecule has 1 heterocycles. The Morgan fingerprint density at radius 1 is 1.47 bits per heavy atom. The zero-order chi connectivity index (χ0) is 12.1. The monoisotopic (exact) mass is 233 g/mol. The molecule has 1 aliphatic heterocycles. The van der Waals surface area contributed by atoms with Crippen LogP contribution in [0.5, 0.6) is 0 Å². The van der Waals surface area contributed by atoms with Gasteiger partial charge >= 0.3 is 0 Å². The van der Waals surface area contributed by atoms with Crippen molar-refractivity contribution in [1.82, 2.24) is 5.32 Å². The Bertz CT molecular complexity index is 358. The molecule has 0 bridgehead atoms. The van der Waals surface area contributed by atoms with Gasteiger partial charge in [-0.25, -0.2) is 0 Å². The minimum Gasteiger partial charge on any atom is -0.368 e. The Labute approximate surface area is 102 Å². The molecule has 17 heavy (non-hydrogen) atoms. The normalized spacial score (nSPS) is 21.1. The molecule has 0 unspecified atom stereocenters. The number of hydrogen-bond acceptors (Lipinski definition) is 2. The lowest BCUT2D eigenvalue weighted by Gasteiger charge is -2.19. The third kappa shape index (κ3) is 3.07. The first kappa shape index (κ1) is 12.1. The van der Waals surface area contributed by atoms with E-state index in [1.807, 2.05) is 30.3 Å². The molecule has 0 saturated carbocycles. The SMILES string of the molecule is CC[C@@H](NC(=O)[C@H]1CCCO1)c1ccccc1. The van der Waals surface area contributed by atoms with Crippen LogP contribution in [0.1, 0.15) is 37.8 Å². The number of hydrogen-bond donors (Lipinski definition) is 1. The summed E-state index contributed by atoms with van der Waals surface area (Å²) in [5.41, 5.74) is 1.15. The summed E-state index contributed by atoms with van der Waals surface area (Å²) in [5, 5.41) is 3.06. The Morgan fingerprint density at radius 3 is 2.82 bits per heavy atom. The first-order valence-electron chi connectivity index (χ1n) is 6.28. The van der Waals surface area contributed by atoms with Gasteiger partial charge < -0.3 is 10.1 Å². The van der Waals surface area contributed by atoms with Gasteiger partial charge in [0.1, 0.15) is 6.10 Å². The molecule has 0 aromatic heterocycles. The van der Waals surface area contributed by atoms with E-state index in [0.717, 1.165) is 24.8 Å². The van der Waals surface area contributed by atoms with Gasteiger partial charge in [0.2, 0.25) is 5.91 Å². The van der Waals surface area contributed by atoms with E-state index in [1.54, 1.807) is 0 Å². The molecule has 1 saturated heterocycles. The van der Waals surface area contributed by atoms with Gasteiger partial charge in [0.05, 0.1) is 6.04 Å². The fraction of sp³-hybridized carbons (Fsp3) is 0.500. The summed E-state index contributed by atoms with van der Waals surface area (Å²) >= 11 is 0. The van der Waals surface area contributed by atoms with Gasteiger partial charge in [0.15, 0.2) is 0 Å². The number of carbonyl (C=O) groups is 1. The number of rotatable bonds is 4. The number of amides is 1. The minimum atomic E-state index is -0.243. The zero-order valence-corrected chi connectivity index (χ0v) is 10.2. The van der Waals surface area contributed by atoms with Crippen LogP contribution < -0.4 is 5.32 Å². The van der Waals surface area contributed by atoms with Gasteiger partial charge in [0.25, 0.3) is 0 Å². The smallest absolute Gasteiger partial charge is 0.249 e. The highest BCUT2D eigenvalue weighted by molar-refractivity contribution is 5.81. The summed E-state index contributed by atoms with van der Waals surface area (Å²) in [6.07, 6.45) is 2.48. The van der Waals surface area contributed by atoms with Crippen molar-refractivity contribution >= 4 is 5.91 Å². The maximum Gasteiger partial charge on any atom is 0.249 e. The van der Waals surface area contributed by atoms with Gasteiger partial charge in [-0.15, -0.1) is 0 Å². The average Bonchev–Trinajstić information content (AvgIpc) is 2.90. The molecule has 2 atom stereocenters. The van der Waals surface area contributed by atoms with E-state index in [9.17, 15) is 4.79 Å². The second-order valence-electron chi connectivity index (χ2n) is 4.38. The average molecular weight is 233 g/mol. The quantitative estimate of drug-likeness (QED) is 0.867. The van der Waals surface area contributed by atoms with E-state index in [0.29, 0.717) is 6.61 Å². The van der Waals surface area contributed by atoms with Crippen molar-refractivity contribution in [2.45, 2.75) is 38.3 Å². The molecule has 1 aromatic carbocycles. The largest absolute Gasteiger partial charge is 0.368 e. The van der Waals surface area contributed by atoms with Gasteiger partial charge in [-0.3, -0.25) is 4.79 Å². The second-order valence-corrected chi connectivity index (χ2v) is 4.38. The highest BCUT2D eigenvalue weighted by Crippen LogP contribution is 2.18. The molecule has 92 valence electrons. The number of carbonyl (C=O) groups excluding carboxylic acids is 1. The van der Waals surface area contributed by atoms with Crippen molar-refractivity contribution in [2.24, 2.45) is 0 Å². The second kappa shape index (κ2) is 5.82. The fourth-order valence-electron chi connectivity index (χ4n) is 2.16. The summed E-state index contributed by atoms with van der Waals surface area (Å²) in [6, 6.07) is 10.2. The first-order chi connectivity index (χ1) is 8.31. The van der Waals surface area contributed by atoms with Crippen LogP contribution in [0.3, 0.4) is 0 Å². The van der Waals surface area contributed by atoms with Gasteiger partial charge in [0, 0.05) is 6.61 Å². The zero-order valence-electron chi connectivity index (χ0n) is 10.2.